The molecule has 3 rings (SSSR count). The van der Waals surface area contributed by atoms with Crippen LogP contribution in [0.3, 0.4) is 0 Å². The highest BCUT2D eigenvalue weighted by Crippen LogP contribution is 2.32. The van der Waals surface area contributed by atoms with Crippen molar-refractivity contribution in [3.05, 3.63) is 63.6 Å². The first kappa shape index (κ1) is 30.2. The highest BCUT2D eigenvalue weighted by atomic mass is 19.4. The number of aliphatic imine (C=N–C) groups is 1. The molecule has 0 aliphatic carbocycles. The van der Waals surface area contributed by atoms with Crippen molar-refractivity contribution in [3.8, 4) is 11.4 Å². The van der Waals surface area contributed by atoms with E-state index in [1.165, 1.54) is 6.34 Å². The third-order valence-corrected chi connectivity index (χ3v) is 5.55. The average Bonchev–Trinajstić information content (AvgIpc) is 2.86. The maximum Gasteiger partial charge on any atom is 0.423 e. The Bertz CT molecular complexity index is 1420. The second-order valence-electron chi connectivity index (χ2n) is 8.70. The summed E-state index contributed by atoms with van der Waals surface area (Å²) in [4.78, 5) is 35.9. The van der Waals surface area contributed by atoms with Gasteiger partial charge in [-0.2, -0.15) is 31.4 Å². The van der Waals surface area contributed by atoms with Crippen LogP contribution in [-0.2, 0) is 12.4 Å². The first-order chi connectivity index (χ1) is 18.7. The number of benzene rings is 1. The number of aromatic nitrogens is 4. The minimum Gasteiger partial charge on any atom is -0.381 e. The van der Waals surface area contributed by atoms with Crippen LogP contribution in [0.2, 0.25) is 0 Å². The molecule has 0 radical (unpaired) electrons. The number of aldehydes is 1. The van der Waals surface area contributed by atoms with E-state index in [-0.39, 0.29) is 22.6 Å². The van der Waals surface area contributed by atoms with Crippen molar-refractivity contribution in [1.29, 1.82) is 0 Å². The van der Waals surface area contributed by atoms with Gasteiger partial charge in [0.15, 0.2) is 12.1 Å². The zero-order chi connectivity index (χ0) is 29.7. The van der Waals surface area contributed by atoms with Crippen molar-refractivity contribution in [1.82, 2.24) is 25.1 Å². The largest absolute Gasteiger partial charge is 0.423 e. The van der Waals surface area contributed by atoms with Crippen LogP contribution >= 0.6 is 0 Å². The molecule has 9 nitrogen and oxygen atoms in total. The molecule has 40 heavy (non-hydrogen) atoms. The molecule has 1 atom stereocenters. The minimum atomic E-state index is -4.87. The molecule has 0 saturated carbocycles. The molecule has 16 heteroatoms. The van der Waals surface area contributed by atoms with Crippen LogP contribution in [0.25, 0.3) is 11.4 Å². The molecule has 214 valence electrons. The van der Waals surface area contributed by atoms with E-state index in [1.54, 1.807) is 24.0 Å². The van der Waals surface area contributed by atoms with Crippen molar-refractivity contribution >= 4 is 24.0 Å². The van der Waals surface area contributed by atoms with E-state index in [0.29, 0.717) is 38.1 Å². The molecule has 2 heterocycles. The van der Waals surface area contributed by atoms with E-state index in [0.717, 1.165) is 18.3 Å². The predicted molar refractivity (Wildman–Crippen MR) is 131 cm³/mol. The number of nitrogens with zero attached hydrogens (tertiary/aromatic N) is 5. The summed E-state index contributed by atoms with van der Waals surface area (Å²) in [5, 5.41) is 7.80. The number of carbonyl (C=O) groups excluding carboxylic acids is 1. The first-order valence-electron chi connectivity index (χ1n) is 11.5. The van der Waals surface area contributed by atoms with E-state index >= 15 is 0 Å². The molecule has 0 aliphatic rings. The van der Waals surface area contributed by atoms with Crippen molar-refractivity contribution in [3.63, 3.8) is 0 Å². The smallest absolute Gasteiger partial charge is 0.381 e. The Hall–Kier alpha value is -4.37. The molecule has 0 spiro atoms. The summed E-state index contributed by atoms with van der Waals surface area (Å²) < 4.78 is 92.4. The number of aromatic amines is 1. The van der Waals surface area contributed by atoms with Gasteiger partial charge in [0.05, 0.1) is 35.0 Å². The van der Waals surface area contributed by atoms with Gasteiger partial charge in [-0.3, -0.25) is 9.59 Å². The third kappa shape index (κ3) is 7.60. The number of hydrogen-bond acceptors (Lipinski definition) is 7. The number of alkyl halides is 6. The van der Waals surface area contributed by atoms with Crippen LogP contribution in [-0.4, -0.2) is 57.3 Å². The zero-order valence-electron chi connectivity index (χ0n) is 20.9. The average molecular weight is 573 g/mol. The Morgan fingerprint density at radius 1 is 1.10 bits per heavy atom. The lowest BCUT2D eigenvalue weighted by Crippen LogP contribution is -2.27. The second kappa shape index (κ2) is 12.2. The molecular weight excluding hydrogens is 551 g/mol. The van der Waals surface area contributed by atoms with E-state index < -0.39 is 46.6 Å². The standard InChI is InChI=1S/C24H22F7N7O2/c1-13(36-19-10-35-37-22(40)20(19)24(29,30)31)4-3-5-38(2)12-34-18-7-16(17(25)6-14(18)11-39)21-32-8-15(9-33-21)23(26,27)28/h6-13H,3-5H2,1-2H3,(H2,36,37,40). The Balaban J connectivity index is 1.65. The van der Waals surface area contributed by atoms with Crippen LogP contribution in [0, 0.1) is 5.82 Å². The van der Waals surface area contributed by atoms with Crippen LogP contribution in [0.1, 0.15) is 41.3 Å². The van der Waals surface area contributed by atoms with Gasteiger partial charge in [0.1, 0.15) is 11.4 Å². The number of H-pyrrole nitrogens is 1. The van der Waals surface area contributed by atoms with Crippen molar-refractivity contribution < 1.29 is 35.5 Å². The summed E-state index contributed by atoms with van der Waals surface area (Å²) in [7, 11) is 1.63. The Morgan fingerprint density at radius 3 is 2.38 bits per heavy atom. The van der Waals surface area contributed by atoms with Gasteiger partial charge in [0.2, 0.25) is 0 Å². The summed E-state index contributed by atoms with van der Waals surface area (Å²) >= 11 is 0. The topological polar surface area (TPSA) is 116 Å². The minimum absolute atomic E-state index is 0.0123. The summed E-state index contributed by atoms with van der Waals surface area (Å²) in [6.07, 6.45) is -5.06. The summed E-state index contributed by atoms with van der Waals surface area (Å²) in [5.41, 5.74) is -4.65. The molecule has 1 aromatic carbocycles. The molecule has 1 unspecified atom stereocenters. The van der Waals surface area contributed by atoms with Crippen molar-refractivity contribution in [2.45, 2.75) is 38.2 Å². The van der Waals surface area contributed by atoms with Gasteiger partial charge < -0.3 is 10.2 Å². The number of anilines is 1. The Morgan fingerprint density at radius 2 is 1.77 bits per heavy atom. The van der Waals surface area contributed by atoms with Gasteiger partial charge >= 0.3 is 12.4 Å². The number of carbonyl (C=O) groups is 1. The fourth-order valence-electron chi connectivity index (χ4n) is 3.56. The Kier molecular flexibility index (Phi) is 9.21. The van der Waals surface area contributed by atoms with Crippen molar-refractivity contribution in [2.24, 2.45) is 4.99 Å². The number of nitrogens with one attached hydrogen (secondary N) is 2. The zero-order valence-corrected chi connectivity index (χ0v) is 20.9. The summed E-state index contributed by atoms with van der Waals surface area (Å²) in [6.45, 7) is 2.01. The van der Waals surface area contributed by atoms with Crippen LogP contribution in [0.4, 0.5) is 42.1 Å². The van der Waals surface area contributed by atoms with Crippen LogP contribution in [0.15, 0.2) is 40.5 Å². The van der Waals surface area contributed by atoms with Crippen molar-refractivity contribution in [2.75, 3.05) is 18.9 Å². The summed E-state index contributed by atoms with van der Waals surface area (Å²) in [6, 6.07) is 1.54. The predicted octanol–water partition coefficient (Wildman–Crippen LogP) is 5.09. The van der Waals surface area contributed by atoms with E-state index in [9.17, 15) is 40.3 Å². The monoisotopic (exact) mass is 573 g/mol. The van der Waals surface area contributed by atoms with Gasteiger partial charge in [-0.1, -0.05) is 0 Å². The Labute approximate surface area is 222 Å². The highest BCUT2D eigenvalue weighted by Gasteiger charge is 2.37. The summed E-state index contributed by atoms with van der Waals surface area (Å²) in [5.74, 6) is -1.27. The quantitative estimate of drug-likeness (QED) is 0.150. The van der Waals surface area contributed by atoms with E-state index in [2.05, 4.69) is 25.4 Å². The molecule has 0 aliphatic heterocycles. The molecule has 3 aromatic rings. The number of rotatable bonds is 10. The lowest BCUT2D eigenvalue weighted by Gasteiger charge is -2.19. The van der Waals surface area contributed by atoms with Gasteiger partial charge in [-0.25, -0.2) is 24.4 Å². The maximum absolute atomic E-state index is 14.5. The van der Waals surface area contributed by atoms with Gasteiger partial charge in [0.25, 0.3) is 5.56 Å². The lowest BCUT2D eigenvalue weighted by atomic mass is 10.1. The molecule has 0 fully saturated rings. The number of hydrogen-bond donors (Lipinski definition) is 2. The van der Waals surface area contributed by atoms with Gasteiger partial charge in [0, 0.05) is 37.6 Å². The molecule has 2 N–H and O–H groups in total. The normalized spacial score (nSPS) is 12.9. The molecule has 2 aromatic heterocycles. The SMILES string of the molecule is CC(CCCN(C)C=Nc1cc(-c2ncc(C(F)(F)F)cn2)c(F)cc1C=O)Nc1cn[nH]c(=O)c1C(F)(F)F. The van der Waals surface area contributed by atoms with Crippen LogP contribution < -0.4 is 10.9 Å². The number of halogens is 7. The highest BCUT2D eigenvalue weighted by molar-refractivity contribution is 5.86. The molecule has 0 saturated heterocycles. The first-order valence-corrected chi connectivity index (χ1v) is 11.5. The van der Waals surface area contributed by atoms with E-state index in [1.807, 2.05) is 0 Å². The lowest BCUT2D eigenvalue weighted by molar-refractivity contribution is -0.139. The molecular formula is C24H22F7N7O2. The maximum atomic E-state index is 14.5. The van der Waals surface area contributed by atoms with Gasteiger partial charge in [-0.15, -0.1) is 0 Å². The fourth-order valence-corrected chi connectivity index (χ4v) is 3.56. The van der Waals surface area contributed by atoms with E-state index in [4.69, 9.17) is 0 Å². The second-order valence-corrected chi connectivity index (χ2v) is 8.70. The molecule has 0 bridgehead atoms. The fraction of sp³-hybridized carbons (Fsp3) is 0.333. The van der Waals surface area contributed by atoms with Gasteiger partial charge in [-0.05, 0) is 31.9 Å². The van der Waals surface area contributed by atoms with Crippen LogP contribution in [0.5, 0.6) is 0 Å². The third-order valence-electron chi connectivity index (χ3n) is 5.55. The molecule has 0 amide bonds.